The van der Waals surface area contributed by atoms with Crippen molar-refractivity contribution in [3.63, 3.8) is 0 Å². The zero-order valence-electron chi connectivity index (χ0n) is 14.5. The second-order valence-corrected chi connectivity index (χ2v) is 6.73. The Morgan fingerprint density at radius 3 is 3.16 bits per heavy atom. The van der Waals surface area contributed by atoms with E-state index in [2.05, 4.69) is 16.2 Å². The molecule has 2 unspecified atom stereocenters. The van der Waals surface area contributed by atoms with Gasteiger partial charge in [0.05, 0.1) is 13.2 Å². The molecule has 0 spiro atoms. The number of aryl methyl sites for hydroxylation is 1. The zero-order valence-corrected chi connectivity index (χ0v) is 14.5. The van der Waals surface area contributed by atoms with Gasteiger partial charge in [-0.1, -0.05) is 12.1 Å². The Morgan fingerprint density at radius 1 is 1.44 bits per heavy atom. The minimum atomic E-state index is -0.169. The standard InChI is InChI=1S/C19H23N3O3/c1-11-16-15(7-6-13-10-21-22-17(13)16)25-18(11)19(23)20-9-12-4-3-5-14(8-12)24-2/h3-5,8,13,17,21-22H,6-7,9-10H2,1-2H3,(H,20,23). The summed E-state index contributed by atoms with van der Waals surface area (Å²) >= 11 is 0. The Hall–Kier alpha value is -2.31. The molecule has 1 saturated heterocycles. The van der Waals surface area contributed by atoms with Crippen molar-refractivity contribution in [2.75, 3.05) is 13.7 Å². The minimum Gasteiger partial charge on any atom is -0.497 e. The Balaban J connectivity index is 1.51. The fourth-order valence-electron chi connectivity index (χ4n) is 3.87. The molecule has 132 valence electrons. The maximum absolute atomic E-state index is 12.6. The van der Waals surface area contributed by atoms with Crippen LogP contribution in [0.3, 0.4) is 0 Å². The predicted molar refractivity (Wildman–Crippen MR) is 93.3 cm³/mol. The number of hydrogen-bond donors (Lipinski definition) is 3. The second-order valence-electron chi connectivity index (χ2n) is 6.73. The first kappa shape index (κ1) is 16.2. The number of rotatable bonds is 4. The highest BCUT2D eigenvalue weighted by molar-refractivity contribution is 5.93. The van der Waals surface area contributed by atoms with Gasteiger partial charge in [-0.2, -0.15) is 0 Å². The first-order valence-electron chi connectivity index (χ1n) is 8.69. The number of hydrazine groups is 1. The molecule has 1 amide bonds. The molecule has 6 heteroatoms. The van der Waals surface area contributed by atoms with Crippen LogP contribution < -0.4 is 20.9 Å². The number of ether oxygens (including phenoxy) is 1. The lowest BCUT2D eigenvalue weighted by molar-refractivity contribution is 0.0920. The molecule has 1 aromatic heterocycles. The molecule has 2 heterocycles. The number of amides is 1. The van der Waals surface area contributed by atoms with Crippen molar-refractivity contribution >= 4 is 5.91 Å². The molecule has 4 rings (SSSR count). The van der Waals surface area contributed by atoms with Gasteiger partial charge in [0.2, 0.25) is 0 Å². The quantitative estimate of drug-likeness (QED) is 0.795. The highest BCUT2D eigenvalue weighted by Crippen LogP contribution is 2.40. The molecule has 2 aliphatic rings. The van der Waals surface area contributed by atoms with Gasteiger partial charge in [-0.3, -0.25) is 10.2 Å². The van der Waals surface area contributed by atoms with Gasteiger partial charge in [-0.05, 0) is 37.0 Å². The van der Waals surface area contributed by atoms with Crippen molar-refractivity contribution < 1.29 is 13.9 Å². The van der Waals surface area contributed by atoms with E-state index < -0.39 is 0 Å². The molecular weight excluding hydrogens is 318 g/mol. The average molecular weight is 341 g/mol. The van der Waals surface area contributed by atoms with E-state index in [0.717, 1.165) is 47.6 Å². The van der Waals surface area contributed by atoms with Crippen LogP contribution in [-0.4, -0.2) is 19.6 Å². The van der Waals surface area contributed by atoms with Gasteiger partial charge in [0, 0.05) is 30.6 Å². The van der Waals surface area contributed by atoms with Crippen LogP contribution in [0.5, 0.6) is 5.75 Å². The van der Waals surface area contributed by atoms with E-state index in [0.29, 0.717) is 18.2 Å². The third-order valence-corrected chi connectivity index (χ3v) is 5.21. The summed E-state index contributed by atoms with van der Waals surface area (Å²) in [5.74, 6) is 2.56. The zero-order chi connectivity index (χ0) is 17.4. The number of hydrogen-bond acceptors (Lipinski definition) is 5. The van der Waals surface area contributed by atoms with Crippen LogP contribution in [0.1, 0.15) is 45.5 Å². The third kappa shape index (κ3) is 2.92. The number of fused-ring (bicyclic) bond motifs is 3. The van der Waals surface area contributed by atoms with Gasteiger partial charge in [0.1, 0.15) is 11.5 Å². The molecule has 0 radical (unpaired) electrons. The van der Waals surface area contributed by atoms with Crippen LogP contribution in [0.25, 0.3) is 0 Å². The number of methoxy groups -OCH3 is 1. The van der Waals surface area contributed by atoms with Crippen molar-refractivity contribution in [1.82, 2.24) is 16.2 Å². The summed E-state index contributed by atoms with van der Waals surface area (Å²) in [7, 11) is 1.63. The molecular formula is C19H23N3O3. The van der Waals surface area contributed by atoms with Gasteiger partial charge in [0.15, 0.2) is 5.76 Å². The first-order chi connectivity index (χ1) is 12.2. The Bertz CT molecular complexity index is 799. The molecule has 1 aliphatic carbocycles. The van der Waals surface area contributed by atoms with Crippen LogP contribution in [0.2, 0.25) is 0 Å². The number of benzene rings is 1. The van der Waals surface area contributed by atoms with Gasteiger partial charge in [-0.15, -0.1) is 0 Å². The number of nitrogens with one attached hydrogen (secondary N) is 3. The lowest BCUT2D eigenvalue weighted by Crippen LogP contribution is -2.27. The Morgan fingerprint density at radius 2 is 2.32 bits per heavy atom. The molecule has 2 aromatic rings. The van der Waals surface area contributed by atoms with Gasteiger partial charge in [-0.25, -0.2) is 5.43 Å². The summed E-state index contributed by atoms with van der Waals surface area (Å²) in [5.41, 5.74) is 9.64. The lowest BCUT2D eigenvalue weighted by Gasteiger charge is -2.23. The smallest absolute Gasteiger partial charge is 0.287 e. The minimum absolute atomic E-state index is 0.169. The van der Waals surface area contributed by atoms with Crippen LogP contribution in [-0.2, 0) is 13.0 Å². The predicted octanol–water partition coefficient (Wildman–Crippen LogP) is 2.24. The monoisotopic (exact) mass is 341 g/mol. The molecule has 2 atom stereocenters. The molecule has 1 fully saturated rings. The first-order valence-corrected chi connectivity index (χ1v) is 8.69. The van der Waals surface area contributed by atoms with E-state index in [1.165, 1.54) is 0 Å². The van der Waals surface area contributed by atoms with Crippen LogP contribution >= 0.6 is 0 Å². The molecule has 1 aromatic carbocycles. The lowest BCUT2D eigenvalue weighted by atomic mass is 9.83. The van der Waals surface area contributed by atoms with E-state index in [-0.39, 0.29) is 11.9 Å². The highest BCUT2D eigenvalue weighted by atomic mass is 16.5. The fraction of sp³-hybridized carbons (Fsp3) is 0.421. The van der Waals surface area contributed by atoms with Crippen LogP contribution in [0.4, 0.5) is 0 Å². The van der Waals surface area contributed by atoms with Crippen molar-refractivity contribution in [1.29, 1.82) is 0 Å². The molecule has 0 saturated carbocycles. The van der Waals surface area contributed by atoms with Crippen molar-refractivity contribution in [2.45, 2.75) is 32.4 Å². The van der Waals surface area contributed by atoms with Crippen LogP contribution in [0, 0.1) is 12.8 Å². The maximum Gasteiger partial charge on any atom is 0.287 e. The van der Waals surface area contributed by atoms with E-state index in [1.54, 1.807) is 7.11 Å². The summed E-state index contributed by atoms with van der Waals surface area (Å²) in [5, 5.41) is 2.95. The number of furan rings is 1. The largest absolute Gasteiger partial charge is 0.497 e. The van der Waals surface area contributed by atoms with Gasteiger partial charge >= 0.3 is 0 Å². The molecule has 3 N–H and O–H groups in total. The fourth-order valence-corrected chi connectivity index (χ4v) is 3.87. The van der Waals surface area contributed by atoms with Gasteiger partial charge < -0.3 is 14.5 Å². The third-order valence-electron chi connectivity index (χ3n) is 5.21. The van der Waals surface area contributed by atoms with Crippen molar-refractivity contribution in [2.24, 2.45) is 5.92 Å². The summed E-state index contributed by atoms with van der Waals surface area (Å²) < 4.78 is 11.2. The molecule has 0 bridgehead atoms. The number of carbonyl (C=O) groups is 1. The molecule has 25 heavy (non-hydrogen) atoms. The van der Waals surface area contributed by atoms with Crippen molar-refractivity contribution in [3.05, 3.63) is 52.5 Å². The summed E-state index contributed by atoms with van der Waals surface area (Å²) in [4.78, 5) is 12.6. The Labute approximate surface area is 146 Å². The summed E-state index contributed by atoms with van der Waals surface area (Å²) in [6.07, 6.45) is 1.97. The van der Waals surface area contributed by atoms with Crippen molar-refractivity contribution in [3.8, 4) is 5.75 Å². The van der Waals surface area contributed by atoms with E-state index >= 15 is 0 Å². The van der Waals surface area contributed by atoms with E-state index in [9.17, 15) is 4.79 Å². The maximum atomic E-state index is 12.6. The van der Waals surface area contributed by atoms with Crippen LogP contribution in [0.15, 0.2) is 28.7 Å². The topological polar surface area (TPSA) is 75.5 Å². The SMILES string of the molecule is COc1cccc(CNC(=O)c2oc3c(c2C)C2NNCC2CC3)c1. The second kappa shape index (κ2) is 6.54. The Kier molecular flexibility index (Phi) is 4.23. The number of carbonyl (C=O) groups excluding carboxylic acids is 1. The average Bonchev–Trinajstić information content (AvgIpc) is 3.24. The summed E-state index contributed by atoms with van der Waals surface area (Å²) in [6, 6.07) is 7.92. The summed E-state index contributed by atoms with van der Waals surface area (Å²) in [6.45, 7) is 3.38. The molecule has 1 aliphatic heterocycles. The van der Waals surface area contributed by atoms with E-state index in [1.807, 2.05) is 31.2 Å². The highest BCUT2D eigenvalue weighted by Gasteiger charge is 2.38. The van der Waals surface area contributed by atoms with Gasteiger partial charge in [0.25, 0.3) is 5.91 Å². The molecule has 6 nitrogen and oxygen atoms in total. The van der Waals surface area contributed by atoms with E-state index in [4.69, 9.17) is 9.15 Å². The normalized spacial score (nSPS) is 21.5.